The first-order valence-electron chi connectivity index (χ1n) is 3.11. The SMILES string of the molecule is [CH2-][NH2+]C(=O)CC(C)(C)C. The van der Waals surface area contributed by atoms with E-state index in [9.17, 15) is 4.79 Å². The van der Waals surface area contributed by atoms with Gasteiger partial charge in [-0.1, -0.05) is 20.8 Å². The van der Waals surface area contributed by atoms with Crippen LogP contribution < -0.4 is 5.32 Å². The second-order valence-corrected chi connectivity index (χ2v) is 3.41. The van der Waals surface area contributed by atoms with E-state index in [1.54, 1.807) is 0 Å². The van der Waals surface area contributed by atoms with Crippen molar-refractivity contribution in [2.45, 2.75) is 27.2 Å². The lowest BCUT2D eigenvalue weighted by Crippen LogP contribution is -2.81. The lowest BCUT2D eigenvalue weighted by atomic mass is 9.92. The average Bonchev–Trinajstić information content (AvgIpc) is 1.62. The van der Waals surface area contributed by atoms with E-state index in [1.807, 2.05) is 20.8 Å². The van der Waals surface area contributed by atoms with Gasteiger partial charge in [0.2, 0.25) is 0 Å². The van der Waals surface area contributed by atoms with Gasteiger partial charge >= 0.3 is 0 Å². The molecule has 0 aromatic heterocycles. The van der Waals surface area contributed by atoms with E-state index in [4.69, 9.17) is 0 Å². The summed E-state index contributed by atoms with van der Waals surface area (Å²) in [6.45, 7) is 6.11. The maximum absolute atomic E-state index is 10.7. The van der Waals surface area contributed by atoms with Crippen LogP contribution in [0.5, 0.6) is 0 Å². The van der Waals surface area contributed by atoms with Crippen molar-refractivity contribution in [1.29, 1.82) is 0 Å². The molecule has 0 atom stereocenters. The fourth-order valence-corrected chi connectivity index (χ4v) is 0.595. The second-order valence-electron chi connectivity index (χ2n) is 3.41. The predicted octanol–water partition coefficient (Wildman–Crippen LogP) is 0.304. The average molecular weight is 129 g/mol. The first-order valence-corrected chi connectivity index (χ1v) is 3.11. The van der Waals surface area contributed by atoms with Crippen molar-refractivity contribution >= 4 is 5.91 Å². The highest BCUT2D eigenvalue weighted by molar-refractivity contribution is 5.66. The van der Waals surface area contributed by atoms with E-state index in [2.05, 4.69) is 7.05 Å². The van der Waals surface area contributed by atoms with Crippen LogP contribution in [0.25, 0.3) is 0 Å². The summed E-state index contributed by atoms with van der Waals surface area (Å²) in [4.78, 5) is 10.7. The fourth-order valence-electron chi connectivity index (χ4n) is 0.595. The molecule has 0 spiro atoms. The molecule has 1 amide bonds. The maximum atomic E-state index is 10.7. The van der Waals surface area contributed by atoms with Crippen molar-refractivity contribution in [3.8, 4) is 0 Å². The third kappa shape index (κ3) is 5.50. The van der Waals surface area contributed by atoms with Crippen LogP contribution in [-0.4, -0.2) is 5.91 Å². The largest absolute Gasteiger partial charge is 0.415 e. The third-order valence-corrected chi connectivity index (χ3v) is 0.932. The zero-order chi connectivity index (χ0) is 7.49. The summed E-state index contributed by atoms with van der Waals surface area (Å²) < 4.78 is 0. The molecular weight excluding hydrogens is 114 g/mol. The Morgan fingerprint density at radius 3 is 2.11 bits per heavy atom. The molecule has 0 aromatic carbocycles. The highest BCUT2D eigenvalue weighted by Gasteiger charge is 2.15. The van der Waals surface area contributed by atoms with Crippen LogP contribution in [0, 0.1) is 12.5 Å². The Hall–Kier alpha value is -0.370. The third-order valence-electron chi connectivity index (χ3n) is 0.932. The summed E-state index contributed by atoms with van der Waals surface area (Å²) in [5.74, 6) is 0.127. The predicted molar refractivity (Wildman–Crippen MR) is 36.4 cm³/mol. The molecule has 0 radical (unpaired) electrons. The standard InChI is InChI=1S/C7H15NO/c1-7(2,3)5-6(9)8-4/h4-5,8H2,1-3H3. The zero-order valence-corrected chi connectivity index (χ0v) is 6.40. The smallest absolute Gasteiger partial charge is 0.285 e. The van der Waals surface area contributed by atoms with E-state index in [0.29, 0.717) is 6.42 Å². The first kappa shape index (κ1) is 8.63. The van der Waals surface area contributed by atoms with Crippen LogP contribution in [0.1, 0.15) is 27.2 Å². The highest BCUT2D eigenvalue weighted by atomic mass is 16.1. The molecule has 0 aliphatic rings. The molecule has 0 heterocycles. The topological polar surface area (TPSA) is 33.7 Å². The van der Waals surface area contributed by atoms with E-state index in [0.717, 1.165) is 0 Å². The van der Waals surface area contributed by atoms with Gasteiger partial charge in [-0.05, 0) is 5.41 Å². The number of quaternary nitrogens is 1. The van der Waals surface area contributed by atoms with Crippen LogP contribution in [-0.2, 0) is 4.79 Å². The minimum atomic E-state index is 0.102. The molecule has 9 heavy (non-hydrogen) atoms. The molecular formula is C7H15NO. The summed E-state index contributed by atoms with van der Waals surface area (Å²) in [7, 11) is 3.40. The van der Waals surface area contributed by atoms with E-state index in [1.165, 1.54) is 5.32 Å². The van der Waals surface area contributed by atoms with Gasteiger partial charge in [-0.25, -0.2) is 4.79 Å². The number of rotatable bonds is 1. The summed E-state index contributed by atoms with van der Waals surface area (Å²) in [5.41, 5.74) is 0.102. The minimum absolute atomic E-state index is 0.102. The van der Waals surface area contributed by atoms with Crippen LogP contribution in [0.3, 0.4) is 0 Å². The number of hydrogen-bond donors (Lipinski definition) is 1. The molecule has 0 aromatic rings. The molecule has 0 aliphatic carbocycles. The second kappa shape index (κ2) is 2.97. The molecule has 2 N–H and O–H groups in total. The molecule has 0 bridgehead atoms. The summed E-state index contributed by atoms with van der Waals surface area (Å²) >= 11 is 0. The molecule has 0 saturated carbocycles. The van der Waals surface area contributed by atoms with E-state index < -0.39 is 0 Å². The summed E-state index contributed by atoms with van der Waals surface area (Å²) in [6, 6.07) is 0. The van der Waals surface area contributed by atoms with Crippen molar-refractivity contribution in [3.05, 3.63) is 7.05 Å². The quantitative estimate of drug-likeness (QED) is 0.508. The monoisotopic (exact) mass is 129 g/mol. The van der Waals surface area contributed by atoms with Gasteiger partial charge in [0, 0.05) is 0 Å². The molecule has 0 aliphatic heterocycles. The Labute approximate surface area is 56.6 Å². The number of nitrogens with two attached hydrogens (primary N) is 1. The molecule has 0 unspecified atom stereocenters. The zero-order valence-electron chi connectivity index (χ0n) is 6.40. The van der Waals surface area contributed by atoms with Gasteiger partial charge < -0.3 is 5.32 Å². The van der Waals surface area contributed by atoms with Gasteiger partial charge in [0.1, 0.15) is 0 Å². The van der Waals surface area contributed by atoms with E-state index in [-0.39, 0.29) is 11.3 Å². The number of carbonyl (C=O) groups excluding carboxylic acids is 1. The molecule has 0 rings (SSSR count). The molecule has 0 fully saturated rings. The Morgan fingerprint density at radius 1 is 1.56 bits per heavy atom. The first-order chi connectivity index (χ1) is 3.95. The van der Waals surface area contributed by atoms with Gasteiger partial charge in [0.25, 0.3) is 5.91 Å². The van der Waals surface area contributed by atoms with Crippen molar-refractivity contribution < 1.29 is 10.1 Å². The Kier molecular flexibility index (Phi) is 2.85. The van der Waals surface area contributed by atoms with Crippen LogP contribution in [0.15, 0.2) is 0 Å². The molecule has 54 valence electrons. The Balaban J connectivity index is 3.60. The summed E-state index contributed by atoms with van der Waals surface area (Å²) in [6.07, 6.45) is 0.594. The van der Waals surface area contributed by atoms with Crippen LogP contribution in [0.4, 0.5) is 0 Å². The lowest BCUT2D eigenvalue weighted by molar-refractivity contribution is -0.508. The maximum Gasteiger partial charge on any atom is 0.285 e. The van der Waals surface area contributed by atoms with Crippen LogP contribution >= 0.6 is 0 Å². The highest BCUT2D eigenvalue weighted by Crippen LogP contribution is 2.16. The van der Waals surface area contributed by atoms with Crippen molar-refractivity contribution in [3.63, 3.8) is 0 Å². The van der Waals surface area contributed by atoms with Crippen molar-refractivity contribution in [1.82, 2.24) is 0 Å². The van der Waals surface area contributed by atoms with Gasteiger partial charge in [-0.2, -0.15) is 0 Å². The molecule has 0 saturated heterocycles. The van der Waals surface area contributed by atoms with Gasteiger partial charge in [0.15, 0.2) is 0 Å². The fraction of sp³-hybridized carbons (Fsp3) is 0.714. The Bertz CT molecular complexity index is 102. The lowest BCUT2D eigenvalue weighted by Gasteiger charge is -2.14. The Morgan fingerprint density at radius 2 is 2.00 bits per heavy atom. The molecule has 2 nitrogen and oxygen atoms in total. The van der Waals surface area contributed by atoms with Crippen molar-refractivity contribution in [2.24, 2.45) is 5.41 Å². The van der Waals surface area contributed by atoms with Gasteiger partial charge in [-0.15, -0.1) is 7.05 Å². The number of carbonyl (C=O) groups is 1. The van der Waals surface area contributed by atoms with Gasteiger partial charge in [0.05, 0.1) is 6.42 Å². The van der Waals surface area contributed by atoms with Gasteiger partial charge in [-0.3, -0.25) is 0 Å². The number of hydrogen-bond acceptors (Lipinski definition) is 1. The molecule has 2 heteroatoms. The van der Waals surface area contributed by atoms with E-state index >= 15 is 0 Å². The van der Waals surface area contributed by atoms with Crippen molar-refractivity contribution in [2.75, 3.05) is 0 Å². The summed E-state index contributed by atoms with van der Waals surface area (Å²) in [5, 5.41) is 1.38. The van der Waals surface area contributed by atoms with Crippen LogP contribution in [0.2, 0.25) is 0 Å². The minimum Gasteiger partial charge on any atom is -0.415 e. The number of amides is 1. The number of primary amides is 1. The normalized spacial score (nSPS) is 11.6.